The molecule has 2 aromatic heterocycles. The smallest absolute Gasteiger partial charge is 0.253 e. The molecule has 4 rings (SSSR count). The molecular formula is C22H27N5O. The van der Waals surface area contributed by atoms with Crippen molar-refractivity contribution in [2.75, 3.05) is 7.05 Å². The monoisotopic (exact) mass is 377 g/mol. The minimum atomic E-state index is -0.0763. The van der Waals surface area contributed by atoms with Crippen molar-refractivity contribution in [2.45, 2.75) is 52.1 Å². The Kier molecular flexibility index (Phi) is 4.37. The van der Waals surface area contributed by atoms with E-state index in [0.717, 1.165) is 40.8 Å². The molecular weight excluding hydrogens is 350 g/mol. The van der Waals surface area contributed by atoms with Crippen LogP contribution < -0.4 is 0 Å². The summed E-state index contributed by atoms with van der Waals surface area (Å²) in [5.74, 6) is 0.0857. The molecule has 1 amide bonds. The van der Waals surface area contributed by atoms with Crippen molar-refractivity contribution in [2.24, 2.45) is 0 Å². The summed E-state index contributed by atoms with van der Waals surface area (Å²) < 4.78 is 3.76. The van der Waals surface area contributed by atoms with E-state index < -0.39 is 0 Å². The highest BCUT2D eigenvalue weighted by molar-refractivity contribution is 5.96. The first-order valence-electron chi connectivity index (χ1n) is 9.72. The fraction of sp³-hybridized carbons (Fsp3) is 0.409. The van der Waals surface area contributed by atoms with Gasteiger partial charge in [0.25, 0.3) is 5.91 Å². The predicted octanol–water partition coefficient (Wildman–Crippen LogP) is 4.03. The molecule has 6 nitrogen and oxygen atoms in total. The van der Waals surface area contributed by atoms with Crippen LogP contribution >= 0.6 is 0 Å². The summed E-state index contributed by atoms with van der Waals surface area (Å²) in [6.07, 6.45) is 9.86. The van der Waals surface area contributed by atoms with Crippen LogP contribution in [0.2, 0.25) is 0 Å². The maximum atomic E-state index is 12.7. The summed E-state index contributed by atoms with van der Waals surface area (Å²) in [7, 11) is 1.89. The largest absolute Gasteiger partial charge is 0.339 e. The lowest BCUT2D eigenvalue weighted by Gasteiger charge is -2.18. The molecule has 1 aliphatic rings. The van der Waals surface area contributed by atoms with Gasteiger partial charge in [-0.15, -0.1) is 0 Å². The zero-order valence-electron chi connectivity index (χ0n) is 17.2. The zero-order chi connectivity index (χ0) is 20.1. The number of rotatable bonds is 4. The van der Waals surface area contributed by atoms with Gasteiger partial charge in [0.2, 0.25) is 0 Å². The second-order valence-corrected chi connectivity index (χ2v) is 8.66. The molecule has 0 unspecified atom stereocenters. The first-order chi connectivity index (χ1) is 13.2. The fourth-order valence-corrected chi connectivity index (χ4v) is 3.30. The van der Waals surface area contributed by atoms with E-state index in [2.05, 4.69) is 37.9 Å². The van der Waals surface area contributed by atoms with Crippen LogP contribution in [0.15, 0.2) is 43.0 Å². The third-order valence-corrected chi connectivity index (χ3v) is 5.31. The van der Waals surface area contributed by atoms with Crippen LogP contribution in [-0.2, 0) is 5.54 Å². The van der Waals surface area contributed by atoms with E-state index in [1.54, 1.807) is 0 Å². The predicted molar refractivity (Wildman–Crippen MR) is 110 cm³/mol. The zero-order valence-corrected chi connectivity index (χ0v) is 17.2. The van der Waals surface area contributed by atoms with E-state index in [0.29, 0.717) is 6.04 Å². The molecule has 3 aromatic rings. The minimum absolute atomic E-state index is 0.0763. The number of amides is 1. The van der Waals surface area contributed by atoms with Crippen molar-refractivity contribution >= 4 is 5.91 Å². The van der Waals surface area contributed by atoms with Crippen LogP contribution in [0.3, 0.4) is 0 Å². The van der Waals surface area contributed by atoms with E-state index in [1.807, 2.05) is 64.3 Å². The third kappa shape index (κ3) is 3.46. The van der Waals surface area contributed by atoms with Crippen LogP contribution in [0, 0.1) is 6.92 Å². The Labute approximate surface area is 165 Å². The van der Waals surface area contributed by atoms with Crippen molar-refractivity contribution < 1.29 is 4.79 Å². The van der Waals surface area contributed by atoms with Gasteiger partial charge in [-0.25, -0.2) is 4.68 Å². The molecule has 2 heterocycles. The highest BCUT2D eigenvalue weighted by Crippen LogP contribution is 2.29. The lowest BCUT2D eigenvalue weighted by Crippen LogP contribution is -2.28. The molecule has 1 fully saturated rings. The lowest BCUT2D eigenvalue weighted by molar-refractivity contribution is 0.0785. The van der Waals surface area contributed by atoms with Crippen molar-refractivity contribution in [1.29, 1.82) is 0 Å². The number of nitrogens with zero attached hydrogens (tertiary/aromatic N) is 5. The van der Waals surface area contributed by atoms with Crippen LogP contribution in [0.5, 0.6) is 0 Å². The maximum absolute atomic E-state index is 12.7. The van der Waals surface area contributed by atoms with Crippen molar-refractivity contribution in [1.82, 2.24) is 24.5 Å². The molecule has 1 aromatic carbocycles. The Bertz CT molecular complexity index is 1020. The minimum Gasteiger partial charge on any atom is -0.339 e. The number of hydrogen-bond acceptors (Lipinski definition) is 3. The van der Waals surface area contributed by atoms with Gasteiger partial charge in [0, 0.05) is 30.4 Å². The summed E-state index contributed by atoms with van der Waals surface area (Å²) in [6.45, 7) is 8.40. The fourth-order valence-electron chi connectivity index (χ4n) is 3.30. The molecule has 1 saturated carbocycles. The van der Waals surface area contributed by atoms with E-state index in [1.165, 1.54) is 0 Å². The number of carbonyl (C=O) groups excluding carboxylic acids is 1. The Morgan fingerprint density at radius 3 is 2.54 bits per heavy atom. The Balaban J connectivity index is 1.64. The Morgan fingerprint density at radius 1 is 1.14 bits per heavy atom. The van der Waals surface area contributed by atoms with Crippen molar-refractivity contribution in [3.05, 3.63) is 54.1 Å². The third-order valence-electron chi connectivity index (χ3n) is 5.31. The van der Waals surface area contributed by atoms with Crippen molar-refractivity contribution in [3.8, 4) is 16.8 Å². The second-order valence-electron chi connectivity index (χ2n) is 8.66. The molecule has 0 spiro atoms. The van der Waals surface area contributed by atoms with Gasteiger partial charge in [-0.05, 0) is 63.8 Å². The van der Waals surface area contributed by atoms with Gasteiger partial charge in [-0.3, -0.25) is 9.48 Å². The summed E-state index contributed by atoms with van der Waals surface area (Å²) in [4.78, 5) is 14.6. The number of aryl methyl sites for hydroxylation is 1. The Morgan fingerprint density at radius 2 is 1.89 bits per heavy atom. The molecule has 146 valence electrons. The van der Waals surface area contributed by atoms with Gasteiger partial charge >= 0.3 is 0 Å². The molecule has 0 N–H and O–H groups in total. The van der Waals surface area contributed by atoms with Gasteiger partial charge in [0.05, 0.1) is 24.1 Å². The standard InChI is InChI=1S/C22H27N5O/c1-15-6-7-16(21(28)25(5)18-8-9-18)10-20(15)17-11-23-26(13-17)19-12-24-27(14-19)22(2,3)4/h6-7,10-14,18H,8-9H2,1-5H3. The quantitative estimate of drug-likeness (QED) is 0.690. The lowest BCUT2D eigenvalue weighted by atomic mass is 10.00. The average Bonchev–Trinajstić information content (AvgIpc) is 3.17. The summed E-state index contributed by atoms with van der Waals surface area (Å²) in [5, 5.41) is 8.96. The van der Waals surface area contributed by atoms with Crippen LogP contribution in [0.1, 0.15) is 49.5 Å². The van der Waals surface area contributed by atoms with Gasteiger partial charge in [0.15, 0.2) is 0 Å². The molecule has 0 aliphatic heterocycles. The molecule has 0 atom stereocenters. The van der Waals surface area contributed by atoms with Crippen molar-refractivity contribution in [3.63, 3.8) is 0 Å². The van der Waals surface area contributed by atoms with E-state index in [4.69, 9.17) is 0 Å². The van der Waals surface area contributed by atoms with E-state index in [-0.39, 0.29) is 11.4 Å². The van der Waals surface area contributed by atoms with Gasteiger partial charge < -0.3 is 4.90 Å². The number of aromatic nitrogens is 4. The number of carbonyl (C=O) groups is 1. The molecule has 0 radical (unpaired) electrons. The SMILES string of the molecule is Cc1ccc(C(=O)N(C)C2CC2)cc1-c1cnn(-c2cnn(C(C)(C)C)c2)c1. The molecule has 6 heteroatoms. The first kappa shape index (κ1) is 18.5. The van der Waals surface area contributed by atoms with Crippen LogP contribution in [-0.4, -0.2) is 43.5 Å². The second kappa shape index (κ2) is 6.62. The maximum Gasteiger partial charge on any atom is 0.253 e. The summed E-state index contributed by atoms with van der Waals surface area (Å²) in [5.41, 5.74) is 4.71. The van der Waals surface area contributed by atoms with Gasteiger partial charge in [-0.1, -0.05) is 6.07 Å². The number of benzene rings is 1. The van der Waals surface area contributed by atoms with Gasteiger partial charge in [-0.2, -0.15) is 10.2 Å². The average molecular weight is 377 g/mol. The number of hydrogen-bond donors (Lipinski definition) is 0. The Hall–Kier alpha value is -2.89. The van der Waals surface area contributed by atoms with Crippen LogP contribution in [0.25, 0.3) is 16.8 Å². The highest BCUT2D eigenvalue weighted by atomic mass is 16.2. The molecule has 28 heavy (non-hydrogen) atoms. The summed E-state index contributed by atoms with van der Waals surface area (Å²) in [6, 6.07) is 6.31. The molecule has 0 bridgehead atoms. The van der Waals surface area contributed by atoms with E-state index >= 15 is 0 Å². The summed E-state index contributed by atoms with van der Waals surface area (Å²) >= 11 is 0. The molecule has 0 saturated heterocycles. The van der Waals surface area contributed by atoms with Gasteiger partial charge in [0.1, 0.15) is 5.69 Å². The molecule has 1 aliphatic carbocycles. The van der Waals surface area contributed by atoms with E-state index in [9.17, 15) is 4.79 Å². The highest BCUT2D eigenvalue weighted by Gasteiger charge is 2.30. The first-order valence-corrected chi connectivity index (χ1v) is 9.72. The van der Waals surface area contributed by atoms with Crippen LogP contribution in [0.4, 0.5) is 0 Å². The topological polar surface area (TPSA) is 56.0 Å². The normalized spacial score (nSPS) is 14.3.